The van der Waals surface area contributed by atoms with Gasteiger partial charge in [0, 0.05) is 19.8 Å². The first kappa shape index (κ1) is 13.1. The molecule has 0 bridgehead atoms. The van der Waals surface area contributed by atoms with Gasteiger partial charge < -0.3 is 10.6 Å². The molecule has 0 saturated carbocycles. The lowest BCUT2D eigenvalue weighted by Gasteiger charge is -2.20. The third kappa shape index (κ3) is 3.09. The van der Waals surface area contributed by atoms with Crippen molar-refractivity contribution in [1.82, 2.24) is 4.98 Å². The number of hydrogen-bond acceptors (Lipinski definition) is 4. The summed E-state index contributed by atoms with van der Waals surface area (Å²) in [4.78, 5) is 6.74. The molecular formula is C14H19N3S. The highest BCUT2D eigenvalue weighted by Gasteiger charge is 2.08. The van der Waals surface area contributed by atoms with Crippen LogP contribution in [0.15, 0.2) is 29.1 Å². The van der Waals surface area contributed by atoms with Gasteiger partial charge in [0.05, 0.1) is 0 Å². The number of nitrogens with two attached hydrogens (primary N) is 1. The van der Waals surface area contributed by atoms with Crippen LogP contribution in [0.1, 0.15) is 16.7 Å². The lowest BCUT2D eigenvalue weighted by atomic mass is 10.1. The zero-order valence-corrected chi connectivity index (χ0v) is 11.7. The smallest absolute Gasteiger partial charge is 0.131 e. The van der Waals surface area contributed by atoms with Crippen LogP contribution in [0, 0.1) is 6.92 Å². The van der Waals surface area contributed by atoms with Gasteiger partial charge >= 0.3 is 0 Å². The van der Waals surface area contributed by atoms with E-state index in [0.29, 0.717) is 6.54 Å². The molecule has 4 heteroatoms. The largest absolute Gasteiger partial charge is 0.355 e. The molecule has 0 atom stereocenters. The van der Waals surface area contributed by atoms with Gasteiger partial charge in [-0.3, -0.25) is 0 Å². The van der Waals surface area contributed by atoms with Crippen molar-refractivity contribution in [2.45, 2.75) is 19.9 Å². The van der Waals surface area contributed by atoms with Crippen molar-refractivity contribution in [3.05, 3.63) is 45.8 Å². The van der Waals surface area contributed by atoms with Crippen molar-refractivity contribution in [2.24, 2.45) is 5.73 Å². The molecule has 18 heavy (non-hydrogen) atoms. The Bertz CT molecular complexity index is 494. The van der Waals surface area contributed by atoms with Crippen LogP contribution in [0.3, 0.4) is 0 Å². The van der Waals surface area contributed by atoms with E-state index in [1.807, 2.05) is 6.20 Å². The van der Waals surface area contributed by atoms with Gasteiger partial charge in [0.15, 0.2) is 0 Å². The average molecular weight is 261 g/mol. The fourth-order valence-corrected chi connectivity index (χ4v) is 2.72. The topological polar surface area (TPSA) is 42.1 Å². The summed E-state index contributed by atoms with van der Waals surface area (Å²) in [5.41, 5.74) is 9.31. The average Bonchev–Trinajstić information content (AvgIpc) is 2.82. The van der Waals surface area contributed by atoms with Gasteiger partial charge in [-0.05, 0) is 53.4 Å². The van der Waals surface area contributed by atoms with Crippen molar-refractivity contribution < 1.29 is 0 Å². The molecule has 0 aliphatic carbocycles. The Kier molecular flexibility index (Phi) is 4.33. The maximum Gasteiger partial charge on any atom is 0.131 e. The minimum Gasteiger partial charge on any atom is -0.355 e. The standard InChI is InChI=1S/C14H19N3S/c1-11-7-12(3-5-15)8-16-14(11)17(2)9-13-4-6-18-10-13/h4,6-8,10H,3,5,9,15H2,1-2H3. The molecule has 0 aliphatic heterocycles. The second-order valence-electron chi connectivity index (χ2n) is 4.51. The Morgan fingerprint density at radius 3 is 2.83 bits per heavy atom. The third-order valence-electron chi connectivity index (χ3n) is 2.90. The number of rotatable bonds is 5. The molecule has 0 spiro atoms. The molecule has 2 N–H and O–H groups in total. The van der Waals surface area contributed by atoms with Gasteiger partial charge in [-0.1, -0.05) is 6.07 Å². The molecule has 2 aromatic rings. The van der Waals surface area contributed by atoms with E-state index in [4.69, 9.17) is 5.73 Å². The summed E-state index contributed by atoms with van der Waals surface area (Å²) in [6, 6.07) is 4.33. The van der Waals surface area contributed by atoms with Gasteiger partial charge in [0.1, 0.15) is 5.82 Å². The number of aryl methyl sites for hydroxylation is 1. The SMILES string of the molecule is Cc1cc(CCN)cnc1N(C)Cc1ccsc1. The number of anilines is 1. The van der Waals surface area contributed by atoms with Gasteiger partial charge in [-0.25, -0.2) is 4.98 Å². The summed E-state index contributed by atoms with van der Waals surface area (Å²) < 4.78 is 0. The molecular weight excluding hydrogens is 242 g/mol. The summed E-state index contributed by atoms with van der Waals surface area (Å²) in [5, 5.41) is 4.28. The molecule has 2 rings (SSSR count). The maximum absolute atomic E-state index is 5.56. The molecule has 2 aromatic heterocycles. The fourth-order valence-electron chi connectivity index (χ4n) is 2.06. The highest BCUT2D eigenvalue weighted by Crippen LogP contribution is 2.19. The van der Waals surface area contributed by atoms with Crippen molar-refractivity contribution in [2.75, 3.05) is 18.5 Å². The van der Waals surface area contributed by atoms with Crippen LogP contribution in [0.5, 0.6) is 0 Å². The second kappa shape index (κ2) is 5.98. The van der Waals surface area contributed by atoms with Crippen LogP contribution in [0.25, 0.3) is 0 Å². The van der Waals surface area contributed by atoms with Crippen LogP contribution in [0.4, 0.5) is 5.82 Å². The first-order chi connectivity index (χ1) is 8.70. The van der Waals surface area contributed by atoms with Crippen molar-refractivity contribution >= 4 is 17.2 Å². The maximum atomic E-state index is 5.56. The number of thiophene rings is 1. The van der Waals surface area contributed by atoms with Crippen LogP contribution < -0.4 is 10.6 Å². The first-order valence-corrected chi connectivity index (χ1v) is 7.03. The van der Waals surface area contributed by atoms with Crippen LogP contribution in [-0.4, -0.2) is 18.6 Å². The van der Waals surface area contributed by atoms with Crippen molar-refractivity contribution in [3.63, 3.8) is 0 Å². The monoisotopic (exact) mass is 261 g/mol. The van der Waals surface area contributed by atoms with E-state index in [1.165, 1.54) is 16.7 Å². The zero-order valence-electron chi connectivity index (χ0n) is 10.9. The van der Waals surface area contributed by atoms with E-state index in [0.717, 1.165) is 18.8 Å². The van der Waals surface area contributed by atoms with E-state index in [-0.39, 0.29) is 0 Å². The van der Waals surface area contributed by atoms with E-state index >= 15 is 0 Å². The number of pyridine rings is 1. The molecule has 0 fully saturated rings. The van der Waals surface area contributed by atoms with Gasteiger partial charge in [-0.2, -0.15) is 11.3 Å². The third-order valence-corrected chi connectivity index (χ3v) is 3.63. The minimum atomic E-state index is 0.672. The van der Waals surface area contributed by atoms with E-state index in [1.54, 1.807) is 11.3 Å². The van der Waals surface area contributed by atoms with E-state index < -0.39 is 0 Å². The van der Waals surface area contributed by atoms with Gasteiger partial charge in [-0.15, -0.1) is 0 Å². The molecule has 0 aromatic carbocycles. The Hall–Kier alpha value is -1.39. The first-order valence-electron chi connectivity index (χ1n) is 6.08. The molecule has 0 radical (unpaired) electrons. The molecule has 2 heterocycles. The van der Waals surface area contributed by atoms with Crippen LogP contribution in [-0.2, 0) is 13.0 Å². The zero-order chi connectivity index (χ0) is 13.0. The predicted octanol–water partition coefficient (Wildman–Crippen LogP) is 2.59. The summed E-state index contributed by atoms with van der Waals surface area (Å²) >= 11 is 1.73. The minimum absolute atomic E-state index is 0.672. The molecule has 0 amide bonds. The summed E-state index contributed by atoms with van der Waals surface area (Å²) in [5.74, 6) is 1.04. The Morgan fingerprint density at radius 1 is 1.39 bits per heavy atom. The Morgan fingerprint density at radius 2 is 2.22 bits per heavy atom. The Labute approximate surface area is 112 Å². The molecule has 96 valence electrons. The van der Waals surface area contributed by atoms with Gasteiger partial charge in [0.25, 0.3) is 0 Å². The van der Waals surface area contributed by atoms with Crippen molar-refractivity contribution in [1.29, 1.82) is 0 Å². The summed E-state index contributed by atoms with van der Waals surface area (Å²) in [6.07, 6.45) is 2.82. The highest BCUT2D eigenvalue weighted by atomic mass is 32.1. The molecule has 0 unspecified atom stereocenters. The van der Waals surface area contributed by atoms with Crippen molar-refractivity contribution in [3.8, 4) is 0 Å². The van der Waals surface area contributed by atoms with Crippen LogP contribution >= 0.6 is 11.3 Å². The highest BCUT2D eigenvalue weighted by molar-refractivity contribution is 7.07. The number of aromatic nitrogens is 1. The predicted molar refractivity (Wildman–Crippen MR) is 78.2 cm³/mol. The molecule has 0 saturated heterocycles. The van der Waals surface area contributed by atoms with Gasteiger partial charge in [0.2, 0.25) is 0 Å². The van der Waals surface area contributed by atoms with Crippen LogP contribution in [0.2, 0.25) is 0 Å². The Balaban J connectivity index is 2.12. The molecule has 0 aliphatic rings. The number of hydrogen-bond donors (Lipinski definition) is 1. The number of nitrogens with zero attached hydrogens (tertiary/aromatic N) is 2. The fraction of sp³-hybridized carbons (Fsp3) is 0.357. The lowest BCUT2D eigenvalue weighted by Crippen LogP contribution is -2.18. The quantitative estimate of drug-likeness (QED) is 0.899. The normalized spacial score (nSPS) is 10.6. The molecule has 3 nitrogen and oxygen atoms in total. The van der Waals surface area contributed by atoms with E-state index in [2.05, 4.69) is 46.7 Å². The summed E-state index contributed by atoms with van der Waals surface area (Å²) in [6.45, 7) is 3.67. The summed E-state index contributed by atoms with van der Waals surface area (Å²) in [7, 11) is 2.08. The van der Waals surface area contributed by atoms with E-state index in [9.17, 15) is 0 Å². The second-order valence-corrected chi connectivity index (χ2v) is 5.29. The lowest BCUT2D eigenvalue weighted by molar-refractivity contribution is 0.884.